The van der Waals surface area contributed by atoms with Gasteiger partial charge in [0, 0.05) is 5.75 Å². The van der Waals surface area contributed by atoms with Crippen molar-refractivity contribution in [1.29, 1.82) is 0 Å². The van der Waals surface area contributed by atoms with E-state index in [1.165, 1.54) is 11.8 Å². The second kappa shape index (κ2) is 5.58. The fourth-order valence-corrected chi connectivity index (χ4v) is 3.00. The van der Waals surface area contributed by atoms with Gasteiger partial charge in [0.15, 0.2) is 17.3 Å². The van der Waals surface area contributed by atoms with Gasteiger partial charge >= 0.3 is 0 Å². The van der Waals surface area contributed by atoms with Crippen molar-refractivity contribution in [3.05, 3.63) is 41.1 Å². The van der Waals surface area contributed by atoms with Gasteiger partial charge in [0.2, 0.25) is 6.79 Å². The Kier molecular flexibility index (Phi) is 3.44. The Morgan fingerprint density at radius 3 is 3.05 bits per heavy atom. The first kappa shape index (κ1) is 13.5. The van der Waals surface area contributed by atoms with Gasteiger partial charge in [-0.2, -0.15) is 0 Å². The molecule has 1 aromatic carbocycles. The molecule has 0 atom stereocenters. The van der Waals surface area contributed by atoms with Crippen LogP contribution in [-0.4, -0.2) is 17.0 Å². The van der Waals surface area contributed by atoms with Crippen LogP contribution in [0.1, 0.15) is 5.56 Å². The normalized spacial score (nSPS) is 12.8. The summed E-state index contributed by atoms with van der Waals surface area (Å²) in [4.78, 5) is 0. The topological polar surface area (TPSA) is 70.5 Å². The molecular weight excluding hydrogens is 328 g/mol. The molecule has 3 heterocycles. The van der Waals surface area contributed by atoms with Crippen molar-refractivity contribution in [3.8, 4) is 23.1 Å². The first-order valence-corrected chi connectivity index (χ1v) is 7.74. The summed E-state index contributed by atoms with van der Waals surface area (Å²) >= 11 is 7.56. The van der Waals surface area contributed by atoms with Crippen molar-refractivity contribution in [1.82, 2.24) is 10.2 Å². The molecule has 8 heteroatoms. The second-order valence-electron chi connectivity index (χ2n) is 4.45. The lowest BCUT2D eigenvalue weighted by molar-refractivity contribution is 0.174. The highest BCUT2D eigenvalue weighted by atomic mass is 35.5. The molecule has 0 N–H and O–H groups in total. The lowest BCUT2D eigenvalue weighted by atomic mass is 10.2. The van der Waals surface area contributed by atoms with Gasteiger partial charge in [-0.25, -0.2) is 0 Å². The largest absolute Gasteiger partial charge is 0.459 e. The molecular formula is C14H9ClN2O4S. The summed E-state index contributed by atoms with van der Waals surface area (Å²) in [5, 5.41) is 8.92. The van der Waals surface area contributed by atoms with Crippen LogP contribution in [-0.2, 0) is 5.75 Å². The number of hydrogen-bond acceptors (Lipinski definition) is 7. The fourth-order valence-electron chi connectivity index (χ4n) is 2.02. The molecule has 0 bridgehead atoms. The Balaban J connectivity index is 1.48. The van der Waals surface area contributed by atoms with E-state index < -0.39 is 0 Å². The van der Waals surface area contributed by atoms with Crippen LogP contribution in [0.3, 0.4) is 0 Å². The monoisotopic (exact) mass is 336 g/mol. The molecule has 0 spiro atoms. The predicted molar refractivity (Wildman–Crippen MR) is 79.1 cm³/mol. The maximum atomic E-state index is 6.15. The van der Waals surface area contributed by atoms with E-state index in [2.05, 4.69) is 10.2 Å². The number of benzene rings is 1. The Labute approximate surface area is 134 Å². The highest BCUT2D eigenvalue weighted by Crippen LogP contribution is 2.40. The van der Waals surface area contributed by atoms with Crippen LogP contribution in [0.25, 0.3) is 11.7 Å². The van der Waals surface area contributed by atoms with Gasteiger partial charge in [-0.15, -0.1) is 10.2 Å². The number of aromatic nitrogens is 2. The summed E-state index contributed by atoms with van der Waals surface area (Å²) in [6, 6.07) is 7.26. The maximum Gasteiger partial charge on any atom is 0.284 e. The Hall–Kier alpha value is -2.12. The van der Waals surface area contributed by atoms with Gasteiger partial charge in [-0.05, 0) is 29.8 Å². The number of fused-ring (bicyclic) bond motifs is 1. The summed E-state index contributed by atoms with van der Waals surface area (Å²) in [6.07, 6.45) is 1.56. The minimum Gasteiger partial charge on any atom is -0.459 e. The van der Waals surface area contributed by atoms with E-state index in [9.17, 15) is 0 Å². The number of halogens is 1. The molecule has 3 aromatic rings. The minimum atomic E-state index is 0.196. The van der Waals surface area contributed by atoms with Crippen molar-refractivity contribution in [2.24, 2.45) is 0 Å². The standard InChI is InChI=1S/C14H9ClN2O4S/c15-9-4-8(5-11-12(9)20-7-19-11)6-22-14-17-16-13(21-14)10-2-1-3-18-10/h1-5H,6-7H2. The van der Waals surface area contributed by atoms with E-state index in [1.807, 2.05) is 12.1 Å². The molecule has 0 saturated carbocycles. The van der Waals surface area contributed by atoms with E-state index in [4.69, 9.17) is 29.9 Å². The summed E-state index contributed by atoms with van der Waals surface area (Å²) < 4.78 is 21.4. The Morgan fingerprint density at radius 2 is 2.18 bits per heavy atom. The highest BCUT2D eigenvalue weighted by Gasteiger charge is 2.19. The van der Waals surface area contributed by atoms with Gasteiger partial charge in [0.1, 0.15) is 0 Å². The van der Waals surface area contributed by atoms with Gasteiger partial charge in [-0.1, -0.05) is 23.4 Å². The van der Waals surface area contributed by atoms with Gasteiger partial charge < -0.3 is 18.3 Å². The van der Waals surface area contributed by atoms with Gasteiger partial charge in [0.05, 0.1) is 11.3 Å². The predicted octanol–water partition coefficient (Wildman–Crippen LogP) is 4.00. The summed E-state index contributed by atoms with van der Waals surface area (Å²) in [6.45, 7) is 0.196. The van der Waals surface area contributed by atoms with Crippen molar-refractivity contribution in [2.75, 3.05) is 6.79 Å². The van der Waals surface area contributed by atoms with Crippen LogP contribution < -0.4 is 9.47 Å². The second-order valence-corrected chi connectivity index (χ2v) is 5.78. The molecule has 0 amide bonds. The molecule has 0 radical (unpaired) electrons. The molecule has 0 fully saturated rings. The molecule has 6 nitrogen and oxygen atoms in total. The number of furan rings is 1. The zero-order valence-electron chi connectivity index (χ0n) is 11.1. The molecule has 0 aliphatic carbocycles. The van der Waals surface area contributed by atoms with Crippen molar-refractivity contribution in [3.63, 3.8) is 0 Å². The average Bonchev–Trinajstić information content (AvgIpc) is 3.25. The Bertz CT molecular complexity index is 803. The lowest BCUT2D eigenvalue weighted by Gasteiger charge is -2.03. The number of rotatable bonds is 4. The fraction of sp³-hybridized carbons (Fsp3) is 0.143. The molecule has 1 aliphatic rings. The van der Waals surface area contributed by atoms with Crippen molar-refractivity contribution < 1.29 is 18.3 Å². The van der Waals surface area contributed by atoms with E-state index in [-0.39, 0.29) is 6.79 Å². The van der Waals surface area contributed by atoms with Gasteiger partial charge in [-0.3, -0.25) is 0 Å². The van der Waals surface area contributed by atoms with E-state index in [0.29, 0.717) is 39.1 Å². The smallest absolute Gasteiger partial charge is 0.284 e. The summed E-state index contributed by atoms with van der Waals surface area (Å²) in [7, 11) is 0. The first-order chi connectivity index (χ1) is 10.8. The van der Waals surface area contributed by atoms with Crippen molar-refractivity contribution >= 4 is 23.4 Å². The SMILES string of the molecule is Clc1cc(CSc2nnc(-c3ccco3)o2)cc2c1OCO2. The summed E-state index contributed by atoms with van der Waals surface area (Å²) in [5.41, 5.74) is 0.983. The van der Waals surface area contributed by atoms with E-state index in [1.54, 1.807) is 18.4 Å². The number of hydrogen-bond donors (Lipinski definition) is 0. The zero-order valence-corrected chi connectivity index (χ0v) is 12.7. The van der Waals surface area contributed by atoms with Crippen molar-refractivity contribution in [2.45, 2.75) is 11.0 Å². The van der Waals surface area contributed by atoms with Crippen LogP contribution in [0.15, 0.2) is 44.6 Å². The van der Waals surface area contributed by atoms with Gasteiger partial charge in [0.25, 0.3) is 11.1 Å². The number of nitrogens with zero attached hydrogens (tertiary/aromatic N) is 2. The maximum absolute atomic E-state index is 6.15. The van der Waals surface area contributed by atoms with E-state index >= 15 is 0 Å². The number of thioether (sulfide) groups is 1. The van der Waals surface area contributed by atoms with E-state index in [0.717, 1.165) is 5.56 Å². The number of ether oxygens (including phenoxy) is 2. The minimum absolute atomic E-state index is 0.196. The van der Waals surface area contributed by atoms with Crippen LogP contribution >= 0.6 is 23.4 Å². The average molecular weight is 337 g/mol. The first-order valence-electron chi connectivity index (χ1n) is 6.38. The molecule has 22 heavy (non-hydrogen) atoms. The Morgan fingerprint density at radius 1 is 1.23 bits per heavy atom. The third kappa shape index (κ3) is 2.53. The molecule has 0 unspecified atom stereocenters. The molecule has 1 aliphatic heterocycles. The van der Waals surface area contributed by atoms with Crippen LogP contribution in [0, 0.1) is 0 Å². The third-order valence-electron chi connectivity index (χ3n) is 2.99. The van der Waals surface area contributed by atoms with Crippen LogP contribution in [0.2, 0.25) is 5.02 Å². The third-order valence-corrected chi connectivity index (χ3v) is 4.16. The molecule has 0 saturated heterocycles. The lowest BCUT2D eigenvalue weighted by Crippen LogP contribution is -1.93. The zero-order chi connectivity index (χ0) is 14.9. The highest BCUT2D eigenvalue weighted by molar-refractivity contribution is 7.98. The molecule has 4 rings (SSSR count). The summed E-state index contributed by atoms with van der Waals surface area (Å²) in [5.74, 6) is 2.77. The van der Waals surface area contributed by atoms with Crippen LogP contribution in [0.5, 0.6) is 11.5 Å². The quantitative estimate of drug-likeness (QED) is 0.667. The van der Waals surface area contributed by atoms with Crippen LogP contribution in [0.4, 0.5) is 0 Å². The molecule has 2 aromatic heterocycles. The molecule has 112 valence electrons.